The first-order valence-corrected chi connectivity index (χ1v) is 9.43. The second-order valence-electron chi connectivity index (χ2n) is 6.38. The Kier molecular flexibility index (Phi) is 5.64. The van der Waals surface area contributed by atoms with Crippen LogP contribution < -0.4 is 10.3 Å². The van der Waals surface area contributed by atoms with Crippen molar-refractivity contribution < 1.29 is 14.6 Å². The minimum atomic E-state index is -0.532. The fraction of sp³-hybridized carbons (Fsp3) is 0.368. The fourth-order valence-electron chi connectivity index (χ4n) is 3.13. The number of H-pyrrole nitrogens is 1. The number of aromatic nitrogens is 2. The number of nitrogens with one attached hydrogen (secondary N) is 1. The number of carbonyl (C=O) groups is 1. The van der Waals surface area contributed by atoms with Gasteiger partial charge in [-0.15, -0.1) is 0 Å². The Morgan fingerprint density at radius 2 is 2.04 bits per heavy atom. The molecule has 2 heterocycles. The van der Waals surface area contributed by atoms with Crippen LogP contribution in [0.25, 0.3) is 0 Å². The van der Waals surface area contributed by atoms with E-state index in [0.29, 0.717) is 18.7 Å². The summed E-state index contributed by atoms with van der Waals surface area (Å²) in [7, 11) is 1.55. The summed E-state index contributed by atoms with van der Waals surface area (Å²) < 4.78 is 6.87. The highest BCUT2D eigenvalue weighted by Gasteiger charge is 2.34. The number of aromatic hydroxyl groups is 1. The van der Waals surface area contributed by atoms with E-state index in [0.717, 1.165) is 11.3 Å². The molecule has 0 saturated heterocycles. The van der Waals surface area contributed by atoms with Gasteiger partial charge in [0, 0.05) is 19.9 Å². The number of benzene rings is 1. The summed E-state index contributed by atoms with van der Waals surface area (Å²) >= 11 is 5.01. The Hall–Kier alpha value is -2.94. The topological polar surface area (TPSA) is 99.9 Å². The summed E-state index contributed by atoms with van der Waals surface area (Å²) in [6.45, 7) is 4.22. The van der Waals surface area contributed by atoms with Gasteiger partial charge < -0.3 is 9.84 Å². The van der Waals surface area contributed by atoms with E-state index in [1.54, 1.807) is 14.0 Å². The number of hydrogen-bond acceptors (Lipinski definition) is 6. The third-order valence-electron chi connectivity index (χ3n) is 4.63. The quantitative estimate of drug-likeness (QED) is 0.749. The van der Waals surface area contributed by atoms with Crippen LogP contribution in [0.4, 0.5) is 0 Å². The van der Waals surface area contributed by atoms with Crippen LogP contribution in [0, 0.1) is 4.77 Å². The van der Waals surface area contributed by atoms with Gasteiger partial charge in [-0.1, -0.05) is 19.1 Å². The van der Waals surface area contributed by atoms with Crippen LogP contribution in [0.2, 0.25) is 0 Å². The molecule has 1 atom stereocenters. The van der Waals surface area contributed by atoms with Crippen molar-refractivity contribution in [3.8, 4) is 11.6 Å². The molecule has 8 nitrogen and oxygen atoms in total. The number of rotatable bonds is 5. The van der Waals surface area contributed by atoms with E-state index in [4.69, 9.17) is 17.0 Å². The molecule has 1 aliphatic heterocycles. The molecule has 1 aromatic carbocycles. The minimum absolute atomic E-state index is 0.0263. The van der Waals surface area contributed by atoms with E-state index in [2.05, 4.69) is 10.1 Å². The number of hydrogen-bond donors (Lipinski definition) is 2. The molecular weight excluding hydrogens is 380 g/mol. The van der Waals surface area contributed by atoms with Crippen molar-refractivity contribution in [1.82, 2.24) is 14.6 Å². The van der Waals surface area contributed by atoms with Crippen molar-refractivity contribution in [1.29, 1.82) is 0 Å². The predicted octanol–water partition coefficient (Wildman–Crippen LogP) is 2.63. The maximum absolute atomic E-state index is 12.5. The lowest BCUT2D eigenvalue weighted by molar-refractivity contribution is -0.132. The Morgan fingerprint density at radius 1 is 1.36 bits per heavy atom. The van der Waals surface area contributed by atoms with E-state index in [1.807, 2.05) is 31.2 Å². The molecule has 0 spiro atoms. The van der Waals surface area contributed by atoms with Crippen molar-refractivity contribution >= 4 is 23.8 Å². The second-order valence-corrected chi connectivity index (χ2v) is 6.76. The monoisotopic (exact) mass is 402 g/mol. The second kappa shape index (κ2) is 7.97. The Bertz CT molecular complexity index is 1040. The average Bonchev–Trinajstić information content (AvgIpc) is 3.11. The van der Waals surface area contributed by atoms with Gasteiger partial charge in [0.2, 0.25) is 11.8 Å². The minimum Gasteiger partial charge on any atom is -0.494 e. The summed E-state index contributed by atoms with van der Waals surface area (Å²) in [6, 6.07) is 7.05. The highest BCUT2D eigenvalue weighted by Crippen LogP contribution is 2.34. The van der Waals surface area contributed by atoms with E-state index < -0.39 is 5.56 Å². The third kappa shape index (κ3) is 3.57. The van der Waals surface area contributed by atoms with Gasteiger partial charge in [0.1, 0.15) is 11.3 Å². The molecule has 2 N–H and O–H groups in total. The molecule has 1 unspecified atom stereocenters. The van der Waals surface area contributed by atoms with Crippen LogP contribution in [0.3, 0.4) is 0 Å². The molecule has 0 saturated carbocycles. The standard InChI is InChI=1S/C19H22N4O4S/c1-4-15(24)23-14(11-6-8-12(9-7-11)27-5-2)10-13(21-23)16-17(25)20-19(28)22(3)18(16)26/h6-9,14,26H,4-5,10H2,1-3H3,(H,20,25,28). The third-order valence-corrected chi connectivity index (χ3v) is 5.00. The first-order chi connectivity index (χ1) is 13.4. The zero-order chi connectivity index (χ0) is 20.4. The van der Waals surface area contributed by atoms with Gasteiger partial charge >= 0.3 is 0 Å². The van der Waals surface area contributed by atoms with Gasteiger partial charge in [-0.2, -0.15) is 5.10 Å². The SMILES string of the molecule is CCOc1ccc(C2CC(c3c(O)n(C)c(=S)[nH]c3=O)=NN2C(=O)CC)cc1. The van der Waals surface area contributed by atoms with Crippen LogP contribution in [-0.4, -0.2) is 37.9 Å². The normalized spacial score (nSPS) is 16.2. The number of amides is 1. The predicted molar refractivity (Wildman–Crippen MR) is 107 cm³/mol. The van der Waals surface area contributed by atoms with Crippen molar-refractivity contribution in [2.75, 3.05) is 6.61 Å². The van der Waals surface area contributed by atoms with Gasteiger partial charge in [-0.3, -0.25) is 19.1 Å². The molecule has 0 aliphatic carbocycles. The van der Waals surface area contributed by atoms with E-state index in [1.165, 1.54) is 9.58 Å². The molecule has 0 bridgehead atoms. The van der Waals surface area contributed by atoms with Crippen LogP contribution in [0.15, 0.2) is 34.2 Å². The van der Waals surface area contributed by atoms with Crippen molar-refractivity contribution in [2.24, 2.45) is 12.1 Å². The zero-order valence-electron chi connectivity index (χ0n) is 15.9. The zero-order valence-corrected chi connectivity index (χ0v) is 16.7. The fourth-order valence-corrected chi connectivity index (χ4v) is 3.31. The van der Waals surface area contributed by atoms with Crippen LogP contribution in [-0.2, 0) is 11.8 Å². The Labute approximate surface area is 167 Å². The first kappa shape index (κ1) is 19.8. The Balaban J connectivity index is 2.03. The van der Waals surface area contributed by atoms with Gasteiger partial charge in [0.25, 0.3) is 5.56 Å². The number of ether oxygens (including phenoxy) is 1. The molecule has 0 radical (unpaired) electrons. The maximum atomic E-state index is 12.5. The molecule has 9 heteroatoms. The summed E-state index contributed by atoms with van der Waals surface area (Å²) in [5.41, 5.74) is 0.697. The van der Waals surface area contributed by atoms with Crippen LogP contribution in [0.1, 0.15) is 43.9 Å². The van der Waals surface area contributed by atoms with Gasteiger partial charge in [-0.05, 0) is 36.8 Å². The van der Waals surface area contributed by atoms with E-state index >= 15 is 0 Å². The first-order valence-electron chi connectivity index (χ1n) is 9.02. The highest BCUT2D eigenvalue weighted by atomic mass is 32.1. The van der Waals surface area contributed by atoms with Gasteiger partial charge in [-0.25, -0.2) is 5.01 Å². The molecule has 1 amide bonds. The van der Waals surface area contributed by atoms with E-state index in [9.17, 15) is 14.7 Å². The molecule has 1 aliphatic rings. The molecule has 1 aromatic heterocycles. The average molecular weight is 402 g/mol. The molecule has 2 aromatic rings. The van der Waals surface area contributed by atoms with Crippen molar-refractivity contribution in [3.05, 3.63) is 50.5 Å². The summed E-state index contributed by atoms with van der Waals surface area (Å²) in [5, 5.41) is 16.2. The maximum Gasteiger partial charge on any atom is 0.264 e. The lowest BCUT2D eigenvalue weighted by atomic mass is 9.99. The van der Waals surface area contributed by atoms with Gasteiger partial charge in [0.15, 0.2) is 4.77 Å². The number of hydrazone groups is 1. The van der Waals surface area contributed by atoms with Gasteiger partial charge in [0.05, 0.1) is 18.4 Å². The lowest BCUT2D eigenvalue weighted by Gasteiger charge is -2.21. The summed E-state index contributed by atoms with van der Waals surface area (Å²) in [4.78, 5) is 27.4. The van der Waals surface area contributed by atoms with Crippen LogP contribution in [0.5, 0.6) is 11.6 Å². The van der Waals surface area contributed by atoms with Crippen molar-refractivity contribution in [2.45, 2.75) is 32.7 Å². The largest absolute Gasteiger partial charge is 0.494 e. The highest BCUT2D eigenvalue weighted by molar-refractivity contribution is 7.71. The molecule has 0 fully saturated rings. The lowest BCUT2D eigenvalue weighted by Crippen LogP contribution is -2.26. The number of aromatic amines is 1. The van der Waals surface area contributed by atoms with Crippen LogP contribution >= 0.6 is 12.2 Å². The molecular formula is C19H22N4O4S. The smallest absolute Gasteiger partial charge is 0.264 e. The summed E-state index contributed by atoms with van der Waals surface area (Å²) in [5.74, 6) is 0.290. The molecule has 148 valence electrons. The van der Waals surface area contributed by atoms with Crippen molar-refractivity contribution in [3.63, 3.8) is 0 Å². The number of nitrogens with zero attached hydrogens (tertiary/aromatic N) is 3. The molecule has 3 rings (SSSR count). The summed E-state index contributed by atoms with van der Waals surface area (Å²) in [6.07, 6.45) is 0.568. The number of carbonyl (C=O) groups excluding carboxylic acids is 1. The molecule has 28 heavy (non-hydrogen) atoms. The van der Waals surface area contributed by atoms with E-state index in [-0.39, 0.29) is 34.6 Å². The Morgan fingerprint density at radius 3 is 2.64 bits per heavy atom.